The van der Waals surface area contributed by atoms with Gasteiger partial charge in [0.2, 0.25) is 5.91 Å². The zero-order valence-corrected chi connectivity index (χ0v) is 19.9. The molecule has 0 bridgehead atoms. The Bertz CT molecular complexity index is 1050. The zero-order valence-electron chi connectivity index (χ0n) is 18.3. The Balaban J connectivity index is 2.02. The molecule has 1 N–H and O–H groups in total. The van der Waals surface area contributed by atoms with Gasteiger partial charge in [-0.25, -0.2) is 0 Å². The summed E-state index contributed by atoms with van der Waals surface area (Å²) >= 11 is 7.46. The van der Waals surface area contributed by atoms with Gasteiger partial charge in [0.25, 0.3) is 0 Å². The molecular formula is C23H27ClN4O2S. The topological polar surface area (TPSA) is 69.0 Å². The maximum absolute atomic E-state index is 12.8. The number of nitrogens with one attached hydrogen (secondary N) is 1. The van der Waals surface area contributed by atoms with Gasteiger partial charge < -0.3 is 10.1 Å². The highest BCUT2D eigenvalue weighted by atomic mass is 35.5. The summed E-state index contributed by atoms with van der Waals surface area (Å²) in [6.45, 7) is 7.95. The van der Waals surface area contributed by atoms with Crippen molar-refractivity contribution in [3.8, 4) is 22.8 Å². The molecule has 0 saturated carbocycles. The van der Waals surface area contributed by atoms with Crippen molar-refractivity contribution >= 4 is 29.3 Å². The fourth-order valence-electron chi connectivity index (χ4n) is 2.91. The molecule has 164 valence electrons. The van der Waals surface area contributed by atoms with E-state index in [9.17, 15) is 4.79 Å². The number of methoxy groups -OCH3 is 1. The fourth-order valence-corrected chi connectivity index (χ4v) is 3.90. The van der Waals surface area contributed by atoms with Gasteiger partial charge in [0.1, 0.15) is 5.75 Å². The Morgan fingerprint density at radius 3 is 2.52 bits per heavy atom. The number of amides is 1. The normalized spacial score (nSPS) is 12.5. The summed E-state index contributed by atoms with van der Waals surface area (Å²) in [6, 6.07) is 15.1. The quantitative estimate of drug-likeness (QED) is 0.459. The van der Waals surface area contributed by atoms with Crippen LogP contribution in [0.4, 0.5) is 0 Å². The third-order valence-electron chi connectivity index (χ3n) is 5.06. The average molecular weight is 459 g/mol. The first-order valence-corrected chi connectivity index (χ1v) is 11.3. The third kappa shape index (κ3) is 5.40. The summed E-state index contributed by atoms with van der Waals surface area (Å²) in [7, 11) is 1.62. The molecule has 1 heterocycles. The molecule has 0 aliphatic heterocycles. The summed E-state index contributed by atoms with van der Waals surface area (Å²) in [4.78, 5) is 12.8. The molecular weight excluding hydrogens is 432 g/mol. The maximum atomic E-state index is 12.8. The molecule has 0 saturated heterocycles. The van der Waals surface area contributed by atoms with Crippen molar-refractivity contribution in [1.29, 1.82) is 0 Å². The number of thioether (sulfide) groups is 1. The molecule has 3 rings (SSSR count). The summed E-state index contributed by atoms with van der Waals surface area (Å²) in [5.41, 5.74) is 1.39. The molecule has 8 heteroatoms. The lowest BCUT2D eigenvalue weighted by Gasteiger charge is -2.26. The van der Waals surface area contributed by atoms with Crippen molar-refractivity contribution in [2.24, 2.45) is 0 Å². The highest BCUT2D eigenvalue weighted by Gasteiger charge is 2.26. The van der Waals surface area contributed by atoms with Crippen LogP contribution in [0.1, 0.15) is 34.1 Å². The van der Waals surface area contributed by atoms with E-state index < -0.39 is 0 Å². The van der Waals surface area contributed by atoms with Gasteiger partial charge in [-0.1, -0.05) is 42.4 Å². The number of benzene rings is 2. The van der Waals surface area contributed by atoms with E-state index in [-0.39, 0.29) is 16.7 Å². The number of aromatic nitrogens is 3. The van der Waals surface area contributed by atoms with Crippen LogP contribution in [-0.4, -0.2) is 38.6 Å². The second-order valence-electron chi connectivity index (χ2n) is 7.81. The van der Waals surface area contributed by atoms with Crippen LogP contribution in [0.3, 0.4) is 0 Å². The first-order chi connectivity index (χ1) is 14.8. The Labute approximate surface area is 192 Å². The van der Waals surface area contributed by atoms with Crippen LogP contribution in [0, 0.1) is 0 Å². The molecule has 1 amide bonds. The molecule has 1 aromatic heterocycles. The van der Waals surface area contributed by atoms with Gasteiger partial charge in [-0.15, -0.1) is 10.2 Å². The largest absolute Gasteiger partial charge is 0.496 e. The Kier molecular flexibility index (Phi) is 7.28. The Morgan fingerprint density at radius 2 is 1.87 bits per heavy atom. The van der Waals surface area contributed by atoms with Gasteiger partial charge in [0, 0.05) is 16.2 Å². The van der Waals surface area contributed by atoms with Crippen molar-refractivity contribution in [2.75, 3.05) is 7.11 Å². The maximum Gasteiger partial charge on any atom is 0.233 e. The lowest BCUT2D eigenvalue weighted by molar-refractivity contribution is -0.121. The van der Waals surface area contributed by atoms with Crippen molar-refractivity contribution in [3.05, 3.63) is 53.6 Å². The second-order valence-corrected chi connectivity index (χ2v) is 9.55. The number of carbonyl (C=O) groups is 1. The molecule has 2 aromatic carbocycles. The minimum Gasteiger partial charge on any atom is -0.496 e. The number of hydrogen-bond acceptors (Lipinski definition) is 5. The van der Waals surface area contributed by atoms with E-state index in [2.05, 4.69) is 22.4 Å². The molecule has 0 radical (unpaired) electrons. The Hall–Kier alpha value is -2.51. The molecule has 0 spiro atoms. The first kappa shape index (κ1) is 23.2. The smallest absolute Gasteiger partial charge is 0.233 e. The van der Waals surface area contributed by atoms with Crippen LogP contribution < -0.4 is 10.1 Å². The van der Waals surface area contributed by atoms with E-state index >= 15 is 0 Å². The van der Waals surface area contributed by atoms with E-state index in [1.165, 1.54) is 11.8 Å². The van der Waals surface area contributed by atoms with E-state index in [1.54, 1.807) is 7.11 Å². The lowest BCUT2D eigenvalue weighted by atomic mass is 10.0. The molecule has 6 nitrogen and oxygen atoms in total. The van der Waals surface area contributed by atoms with Gasteiger partial charge in [0.15, 0.2) is 11.0 Å². The van der Waals surface area contributed by atoms with Gasteiger partial charge in [0.05, 0.1) is 17.9 Å². The summed E-state index contributed by atoms with van der Waals surface area (Å²) < 4.78 is 7.46. The number of hydrogen-bond donors (Lipinski definition) is 1. The van der Waals surface area contributed by atoms with Crippen LogP contribution in [0.2, 0.25) is 5.02 Å². The van der Waals surface area contributed by atoms with Crippen LogP contribution in [-0.2, 0) is 4.79 Å². The van der Waals surface area contributed by atoms with Crippen molar-refractivity contribution in [1.82, 2.24) is 20.1 Å². The minimum absolute atomic E-state index is 0.0404. The Morgan fingerprint density at radius 1 is 1.19 bits per heavy atom. The van der Waals surface area contributed by atoms with Gasteiger partial charge in [-0.05, 0) is 63.6 Å². The fraction of sp³-hybridized carbons (Fsp3) is 0.348. The van der Waals surface area contributed by atoms with Crippen LogP contribution in [0.5, 0.6) is 5.75 Å². The summed E-state index contributed by atoms with van der Waals surface area (Å²) in [6.07, 6.45) is 0.842. The zero-order chi connectivity index (χ0) is 22.6. The SMILES string of the molecule is CCC(C)(C)NC(=O)C(C)Sc1nnc(-c2ccccc2OC)n1-c1ccc(Cl)cc1. The van der Waals surface area contributed by atoms with E-state index in [0.29, 0.717) is 21.8 Å². The van der Waals surface area contributed by atoms with Gasteiger partial charge in [-0.3, -0.25) is 9.36 Å². The third-order valence-corrected chi connectivity index (χ3v) is 6.36. The van der Waals surface area contributed by atoms with E-state index in [4.69, 9.17) is 16.3 Å². The molecule has 3 aromatic rings. The van der Waals surface area contributed by atoms with Crippen molar-refractivity contribution in [2.45, 2.75) is 50.1 Å². The molecule has 0 aliphatic carbocycles. The molecule has 0 fully saturated rings. The van der Waals surface area contributed by atoms with Crippen LogP contribution >= 0.6 is 23.4 Å². The number of ether oxygens (including phenoxy) is 1. The standard InChI is InChI=1S/C23H27ClN4O2S/c1-6-23(3,4)25-21(29)15(2)31-22-27-26-20(18-9-7-8-10-19(18)30-5)28(22)17-13-11-16(24)12-14-17/h7-15H,6H2,1-5H3,(H,25,29). The predicted octanol–water partition coefficient (Wildman–Crippen LogP) is 5.38. The summed E-state index contributed by atoms with van der Waals surface area (Å²) in [5.74, 6) is 1.28. The van der Waals surface area contributed by atoms with Gasteiger partial charge >= 0.3 is 0 Å². The number of para-hydroxylation sites is 1. The number of nitrogens with zero attached hydrogens (tertiary/aromatic N) is 3. The van der Waals surface area contributed by atoms with Crippen LogP contribution in [0.15, 0.2) is 53.7 Å². The first-order valence-electron chi connectivity index (χ1n) is 10.1. The van der Waals surface area contributed by atoms with E-state index in [0.717, 1.165) is 17.7 Å². The van der Waals surface area contributed by atoms with Gasteiger partial charge in [-0.2, -0.15) is 0 Å². The van der Waals surface area contributed by atoms with E-state index in [1.807, 2.05) is 73.9 Å². The minimum atomic E-state index is -0.355. The number of rotatable bonds is 8. The lowest BCUT2D eigenvalue weighted by Crippen LogP contribution is -2.46. The summed E-state index contributed by atoms with van der Waals surface area (Å²) in [5, 5.41) is 12.8. The number of carbonyl (C=O) groups excluding carboxylic acids is 1. The highest BCUT2D eigenvalue weighted by molar-refractivity contribution is 8.00. The monoisotopic (exact) mass is 458 g/mol. The molecule has 31 heavy (non-hydrogen) atoms. The van der Waals surface area contributed by atoms with Crippen molar-refractivity contribution in [3.63, 3.8) is 0 Å². The predicted molar refractivity (Wildman–Crippen MR) is 126 cm³/mol. The second kappa shape index (κ2) is 9.75. The molecule has 1 atom stereocenters. The molecule has 1 unspecified atom stereocenters. The average Bonchev–Trinajstić information content (AvgIpc) is 3.17. The van der Waals surface area contributed by atoms with Crippen molar-refractivity contribution < 1.29 is 9.53 Å². The van der Waals surface area contributed by atoms with Crippen LogP contribution in [0.25, 0.3) is 17.1 Å². The highest BCUT2D eigenvalue weighted by Crippen LogP contribution is 2.34. The molecule has 0 aliphatic rings. The number of halogens is 1.